The molecule has 0 atom stereocenters. The number of nitro benzene ring substituents is 2. The number of phenols is 1. The van der Waals surface area contributed by atoms with Gasteiger partial charge in [-0.2, -0.15) is 0 Å². The monoisotopic (exact) mass is 423 g/mol. The molecule has 136 valence electrons. The Kier molecular flexibility index (Phi) is 6.23. The highest BCUT2D eigenvalue weighted by Crippen LogP contribution is 2.31. The molecule has 10 heteroatoms. The molecular formula is C16H14BrN3O6. The van der Waals surface area contributed by atoms with E-state index in [0.717, 1.165) is 28.2 Å². The van der Waals surface area contributed by atoms with Crippen molar-refractivity contribution in [1.82, 2.24) is 0 Å². The topological polar surface area (TPSA) is 128 Å². The van der Waals surface area contributed by atoms with Crippen molar-refractivity contribution in [3.63, 3.8) is 0 Å². The Balaban J connectivity index is 2.09. The van der Waals surface area contributed by atoms with E-state index in [4.69, 9.17) is 4.84 Å². The molecule has 0 unspecified atom stereocenters. The van der Waals surface area contributed by atoms with E-state index < -0.39 is 21.2 Å². The fourth-order valence-electron chi connectivity index (χ4n) is 2.08. The summed E-state index contributed by atoms with van der Waals surface area (Å²) in [5, 5.41) is 35.1. The molecule has 2 rings (SSSR count). The van der Waals surface area contributed by atoms with E-state index in [-0.39, 0.29) is 11.5 Å². The molecule has 0 aliphatic rings. The van der Waals surface area contributed by atoms with Crippen LogP contribution in [-0.2, 0) is 6.42 Å². The van der Waals surface area contributed by atoms with Crippen LogP contribution in [0.3, 0.4) is 0 Å². The second-order valence-electron chi connectivity index (χ2n) is 5.36. The number of halogens is 1. The van der Waals surface area contributed by atoms with Crippen molar-refractivity contribution in [2.45, 2.75) is 19.8 Å². The van der Waals surface area contributed by atoms with E-state index >= 15 is 0 Å². The third kappa shape index (κ3) is 4.99. The summed E-state index contributed by atoms with van der Waals surface area (Å²) in [4.78, 5) is 25.4. The van der Waals surface area contributed by atoms with Crippen LogP contribution in [0.5, 0.6) is 11.5 Å². The number of hydrogen-bond acceptors (Lipinski definition) is 7. The standard InChI is InChI=1S/C16H14BrN3O6/c1-10(2-3-11-8-13(21)5-6-14(11)17)18-26-16-7-4-12(19(22)23)9-15(16)20(24)25/h4-9,21H,2-3H2,1H3/b18-10+. The second kappa shape index (κ2) is 8.39. The highest BCUT2D eigenvalue weighted by atomic mass is 79.9. The Morgan fingerprint density at radius 3 is 2.58 bits per heavy atom. The first-order valence-electron chi connectivity index (χ1n) is 7.38. The van der Waals surface area contributed by atoms with Gasteiger partial charge in [0.05, 0.1) is 21.6 Å². The first kappa shape index (κ1) is 19.3. The Labute approximate surface area is 156 Å². The van der Waals surface area contributed by atoms with E-state index in [2.05, 4.69) is 21.1 Å². The molecular weight excluding hydrogens is 410 g/mol. The molecule has 2 aromatic rings. The van der Waals surface area contributed by atoms with E-state index in [1.165, 1.54) is 0 Å². The zero-order chi connectivity index (χ0) is 19.3. The summed E-state index contributed by atoms with van der Waals surface area (Å²) in [6.07, 6.45) is 1.05. The minimum absolute atomic E-state index is 0.149. The first-order chi connectivity index (χ1) is 12.3. The van der Waals surface area contributed by atoms with Crippen molar-refractivity contribution >= 4 is 33.0 Å². The molecule has 0 radical (unpaired) electrons. The average molecular weight is 424 g/mol. The zero-order valence-corrected chi connectivity index (χ0v) is 15.2. The molecule has 0 saturated carbocycles. The van der Waals surface area contributed by atoms with Crippen LogP contribution >= 0.6 is 15.9 Å². The number of nitrogens with zero attached hydrogens (tertiary/aromatic N) is 3. The van der Waals surface area contributed by atoms with Gasteiger partial charge in [-0.1, -0.05) is 21.1 Å². The van der Waals surface area contributed by atoms with Crippen LogP contribution < -0.4 is 4.84 Å². The quantitative estimate of drug-likeness (QED) is 0.400. The van der Waals surface area contributed by atoms with Crippen LogP contribution in [0.1, 0.15) is 18.9 Å². The van der Waals surface area contributed by atoms with Gasteiger partial charge in [0.15, 0.2) is 0 Å². The lowest BCUT2D eigenvalue weighted by Crippen LogP contribution is -2.00. The molecule has 26 heavy (non-hydrogen) atoms. The maximum absolute atomic E-state index is 11.0. The maximum Gasteiger partial charge on any atom is 0.321 e. The lowest BCUT2D eigenvalue weighted by atomic mass is 10.1. The summed E-state index contributed by atoms with van der Waals surface area (Å²) < 4.78 is 0.843. The summed E-state index contributed by atoms with van der Waals surface area (Å²) in [7, 11) is 0. The van der Waals surface area contributed by atoms with Gasteiger partial charge in [0.2, 0.25) is 5.75 Å². The second-order valence-corrected chi connectivity index (χ2v) is 6.21. The Morgan fingerprint density at radius 1 is 1.19 bits per heavy atom. The van der Waals surface area contributed by atoms with Crippen molar-refractivity contribution in [3.05, 3.63) is 66.7 Å². The number of oxime groups is 1. The SMILES string of the molecule is C/C(CCc1cc(O)ccc1Br)=N\Oc1ccc([N+](=O)[O-])cc1[N+](=O)[O-]. The van der Waals surface area contributed by atoms with Gasteiger partial charge in [-0.05, 0) is 49.6 Å². The van der Waals surface area contributed by atoms with Crippen LogP contribution in [-0.4, -0.2) is 20.7 Å². The largest absolute Gasteiger partial charge is 0.508 e. The number of non-ortho nitro benzene ring substituents is 1. The summed E-state index contributed by atoms with van der Waals surface area (Å²) in [5.41, 5.74) is 0.499. The first-order valence-corrected chi connectivity index (χ1v) is 8.18. The molecule has 1 N–H and O–H groups in total. The minimum Gasteiger partial charge on any atom is -0.508 e. The number of aryl methyl sites for hydroxylation is 1. The minimum atomic E-state index is -0.767. The van der Waals surface area contributed by atoms with Crippen LogP contribution in [0, 0.1) is 20.2 Å². The number of benzene rings is 2. The third-order valence-electron chi connectivity index (χ3n) is 3.44. The fourth-order valence-corrected chi connectivity index (χ4v) is 2.53. The maximum atomic E-state index is 11.0. The predicted octanol–water partition coefficient (Wildman–Crippen LogP) is 4.36. The van der Waals surface area contributed by atoms with Gasteiger partial charge in [0.1, 0.15) is 5.75 Å². The van der Waals surface area contributed by atoms with Gasteiger partial charge in [-0.25, -0.2) is 0 Å². The Bertz CT molecular complexity index is 884. The van der Waals surface area contributed by atoms with E-state index in [1.54, 1.807) is 25.1 Å². The lowest BCUT2D eigenvalue weighted by Gasteiger charge is -2.06. The molecule has 9 nitrogen and oxygen atoms in total. The molecule has 0 bridgehead atoms. The van der Waals surface area contributed by atoms with Crippen molar-refractivity contribution in [2.24, 2.45) is 5.16 Å². The van der Waals surface area contributed by atoms with Gasteiger partial charge >= 0.3 is 5.69 Å². The van der Waals surface area contributed by atoms with Crippen LogP contribution in [0.25, 0.3) is 0 Å². The number of rotatable bonds is 7. The fraction of sp³-hybridized carbons (Fsp3) is 0.188. The van der Waals surface area contributed by atoms with Gasteiger partial charge in [0, 0.05) is 10.5 Å². The average Bonchev–Trinajstić information content (AvgIpc) is 2.60. The molecule has 0 aliphatic carbocycles. The highest BCUT2D eigenvalue weighted by Gasteiger charge is 2.21. The van der Waals surface area contributed by atoms with Crippen LogP contribution in [0.2, 0.25) is 0 Å². The Morgan fingerprint density at radius 2 is 1.92 bits per heavy atom. The zero-order valence-electron chi connectivity index (χ0n) is 13.6. The normalized spacial score (nSPS) is 11.2. The lowest BCUT2D eigenvalue weighted by molar-refractivity contribution is -0.394. The summed E-state index contributed by atoms with van der Waals surface area (Å²) >= 11 is 3.39. The highest BCUT2D eigenvalue weighted by molar-refractivity contribution is 9.10. The number of phenolic OH excluding ortho intramolecular Hbond substituents is 1. The molecule has 0 aliphatic heterocycles. The molecule has 0 heterocycles. The molecule has 2 aromatic carbocycles. The summed E-state index contributed by atoms with van der Waals surface area (Å²) in [5.74, 6) is -0.0333. The van der Waals surface area contributed by atoms with E-state index in [1.807, 2.05) is 0 Å². The van der Waals surface area contributed by atoms with Gasteiger partial charge < -0.3 is 9.94 Å². The van der Waals surface area contributed by atoms with Crippen LogP contribution in [0.4, 0.5) is 11.4 Å². The number of nitro groups is 2. The van der Waals surface area contributed by atoms with Crippen molar-refractivity contribution in [3.8, 4) is 11.5 Å². The van der Waals surface area contributed by atoms with E-state index in [9.17, 15) is 25.3 Å². The summed E-state index contributed by atoms with van der Waals surface area (Å²) in [6.45, 7) is 1.69. The van der Waals surface area contributed by atoms with E-state index in [0.29, 0.717) is 18.6 Å². The predicted molar refractivity (Wildman–Crippen MR) is 97.6 cm³/mol. The molecule has 0 amide bonds. The molecule has 0 aromatic heterocycles. The van der Waals surface area contributed by atoms with Gasteiger partial charge in [0.25, 0.3) is 5.69 Å². The number of hydrogen-bond donors (Lipinski definition) is 1. The van der Waals surface area contributed by atoms with Crippen molar-refractivity contribution in [2.75, 3.05) is 0 Å². The summed E-state index contributed by atoms with van der Waals surface area (Å²) in [6, 6.07) is 7.98. The molecule has 0 spiro atoms. The number of aromatic hydroxyl groups is 1. The smallest absolute Gasteiger partial charge is 0.321 e. The van der Waals surface area contributed by atoms with Crippen molar-refractivity contribution < 1.29 is 19.8 Å². The molecule has 0 fully saturated rings. The molecule has 0 saturated heterocycles. The van der Waals surface area contributed by atoms with Crippen LogP contribution in [0.15, 0.2) is 46.0 Å². The third-order valence-corrected chi connectivity index (χ3v) is 4.21. The van der Waals surface area contributed by atoms with Gasteiger partial charge in [-0.15, -0.1) is 0 Å². The Hall–Kier alpha value is -3.01. The van der Waals surface area contributed by atoms with Gasteiger partial charge in [-0.3, -0.25) is 20.2 Å². The van der Waals surface area contributed by atoms with Crippen molar-refractivity contribution in [1.29, 1.82) is 0 Å².